The highest BCUT2D eigenvalue weighted by molar-refractivity contribution is 6.00. The summed E-state index contributed by atoms with van der Waals surface area (Å²) in [5, 5.41) is 23.0. The first kappa shape index (κ1) is 21.1. The standard InChI is InChI=1S/C24H23N5O3/c1-24(2)12-19-22(20(30)13-24)21(15-7-6-10-17(11-15)29(31)32)18(14-25)23(26)28(19)27-16-8-4-3-5-9-16/h3-11,21,27H,12-13,26H2,1-2H3. The van der Waals surface area contributed by atoms with E-state index < -0.39 is 10.8 Å². The molecule has 32 heavy (non-hydrogen) atoms. The molecule has 3 N–H and O–H groups in total. The minimum atomic E-state index is -0.757. The van der Waals surface area contributed by atoms with Gasteiger partial charge in [-0.3, -0.25) is 20.3 Å². The summed E-state index contributed by atoms with van der Waals surface area (Å²) < 4.78 is 0. The molecule has 0 saturated carbocycles. The highest BCUT2D eigenvalue weighted by atomic mass is 16.6. The van der Waals surface area contributed by atoms with Crippen molar-refractivity contribution < 1.29 is 9.72 Å². The van der Waals surface area contributed by atoms with Crippen molar-refractivity contribution >= 4 is 17.2 Å². The van der Waals surface area contributed by atoms with Crippen LogP contribution in [-0.2, 0) is 4.79 Å². The van der Waals surface area contributed by atoms with Crippen molar-refractivity contribution in [1.82, 2.24) is 5.01 Å². The summed E-state index contributed by atoms with van der Waals surface area (Å²) >= 11 is 0. The molecule has 0 aromatic heterocycles. The molecule has 8 heteroatoms. The van der Waals surface area contributed by atoms with E-state index in [1.807, 2.05) is 44.2 Å². The highest BCUT2D eigenvalue weighted by Gasteiger charge is 2.44. The number of nitro benzene ring substituents is 1. The number of para-hydroxylation sites is 1. The molecule has 0 spiro atoms. The van der Waals surface area contributed by atoms with Crippen LogP contribution in [0.4, 0.5) is 11.4 Å². The lowest BCUT2D eigenvalue weighted by Gasteiger charge is -2.43. The van der Waals surface area contributed by atoms with Crippen LogP contribution in [0.25, 0.3) is 0 Å². The number of anilines is 1. The molecule has 0 bridgehead atoms. The number of allylic oxidation sites excluding steroid dienone is 3. The van der Waals surface area contributed by atoms with Crippen molar-refractivity contribution in [1.29, 1.82) is 5.26 Å². The molecule has 1 heterocycles. The molecular weight excluding hydrogens is 406 g/mol. The number of rotatable bonds is 4. The molecule has 1 unspecified atom stereocenters. The fourth-order valence-corrected chi connectivity index (χ4v) is 4.43. The van der Waals surface area contributed by atoms with Gasteiger partial charge in [0.2, 0.25) is 0 Å². The second-order valence-electron chi connectivity index (χ2n) is 8.81. The first-order valence-corrected chi connectivity index (χ1v) is 10.2. The number of carbonyl (C=O) groups is 1. The van der Waals surface area contributed by atoms with Crippen molar-refractivity contribution in [2.24, 2.45) is 11.1 Å². The predicted molar refractivity (Wildman–Crippen MR) is 120 cm³/mol. The Hall–Kier alpha value is -4.12. The summed E-state index contributed by atoms with van der Waals surface area (Å²) in [6.45, 7) is 4.02. The summed E-state index contributed by atoms with van der Waals surface area (Å²) in [5.41, 5.74) is 11.9. The molecule has 1 aliphatic carbocycles. The lowest BCUT2D eigenvalue weighted by Crippen LogP contribution is -2.44. The molecule has 0 amide bonds. The van der Waals surface area contributed by atoms with Crippen LogP contribution in [0.15, 0.2) is 77.3 Å². The van der Waals surface area contributed by atoms with Crippen LogP contribution >= 0.6 is 0 Å². The monoisotopic (exact) mass is 429 g/mol. The Bertz CT molecular complexity index is 1210. The Morgan fingerprint density at radius 1 is 1.19 bits per heavy atom. The first-order valence-electron chi connectivity index (χ1n) is 10.2. The van der Waals surface area contributed by atoms with Gasteiger partial charge >= 0.3 is 0 Å². The van der Waals surface area contributed by atoms with Crippen molar-refractivity contribution in [2.75, 3.05) is 5.43 Å². The van der Waals surface area contributed by atoms with Gasteiger partial charge in [0.25, 0.3) is 5.69 Å². The maximum atomic E-state index is 13.4. The average Bonchev–Trinajstić information content (AvgIpc) is 2.75. The van der Waals surface area contributed by atoms with Gasteiger partial charge in [-0.1, -0.05) is 44.2 Å². The summed E-state index contributed by atoms with van der Waals surface area (Å²) in [5.74, 6) is -0.669. The third-order valence-electron chi connectivity index (χ3n) is 5.81. The number of nitrogens with zero attached hydrogens (tertiary/aromatic N) is 3. The average molecular weight is 429 g/mol. The van der Waals surface area contributed by atoms with Crippen LogP contribution in [0.1, 0.15) is 38.2 Å². The van der Waals surface area contributed by atoms with E-state index in [-0.39, 0.29) is 28.3 Å². The zero-order chi connectivity index (χ0) is 23.0. The number of carbonyl (C=O) groups excluding carboxylic acids is 1. The van der Waals surface area contributed by atoms with Crippen molar-refractivity contribution in [3.8, 4) is 6.07 Å². The predicted octanol–water partition coefficient (Wildman–Crippen LogP) is 4.36. The molecular formula is C24H23N5O3. The van der Waals surface area contributed by atoms with E-state index in [9.17, 15) is 20.2 Å². The zero-order valence-electron chi connectivity index (χ0n) is 17.8. The van der Waals surface area contributed by atoms with Crippen LogP contribution in [0, 0.1) is 26.9 Å². The van der Waals surface area contributed by atoms with E-state index in [2.05, 4.69) is 11.5 Å². The quantitative estimate of drug-likeness (QED) is 0.546. The van der Waals surface area contributed by atoms with Gasteiger partial charge in [0.05, 0.1) is 33.9 Å². The Morgan fingerprint density at radius 2 is 1.91 bits per heavy atom. The third-order valence-corrected chi connectivity index (χ3v) is 5.81. The third kappa shape index (κ3) is 3.69. The van der Waals surface area contributed by atoms with Gasteiger partial charge in [0.1, 0.15) is 5.82 Å². The van der Waals surface area contributed by atoms with Gasteiger partial charge in [-0.2, -0.15) is 5.26 Å². The SMILES string of the molecule is CC1(C)CC(=O)C2=C(C1)N(Nc1ccccc1)C(N)=C(C#N)C2c1cccc([N+](=O)[O-])c1. The van der Waals surface area contributed by atoms with Crippen LogP contribution in [-0.4, -0.2) is 15.7 Å². The molecule has 2 aromatic carbocycles. The van der Waals surface area contributed by atoms with Crippen LogP contribution in [0.5, 0.6) is 0 Å². The second kappa shape index (κ2) is 7.85. The van der Waals surface area contributed by atoms with Gasteiger partial charge in [0.15, 0.2) is 5.78 Å². The molecule has 8 nitrogen and oxygen atoms in total. The van der Waals surface area contributed by atoms with Gasteiger partial charge in [-0.25, -0.2) is 5.01 Å². The summed E-state index contributed by atoms with van der Waals surface area (Å²) in [4.78, 5) is 24.2. The highest BCUT2D eigenvalue weighted by Crippen LogP contribution is 2.49. The molecule has 2 aliphatic rings. The maximum Gasteiger partial charge on any atom is 0.269 e. The number of ketones is 1. The number of hydrogen-bond acceptors (Lipinski definition) is 7. The number of non-ortho nitro benzene ring substituents is 1. The van der Waals surface area contributed by atoms with E-state index >= 15 is 0 Å². The number of nitrogens with two attached hydrogens (primary N) is 1. The molecule has 162 valence electrons. The van der Waals surface area contributed by atoms with Crippen LogP contribution < -0.4 is 11.2 Å². The Kier molecular flexibility index (Phi) is 5.18. The lowest BCUT2D eigenvalue weighted by molar-refractivity contribution is -0.384. The molecule has 2 aromatic rings. The molecule has 0 saturated heterocycles. The number of nitro groups is 1. The largest absolute Gasteiger partial charge is 0.383 e. The number of hydrazine groups is 1. The van der Waals surface area contributed by atoms with Crippen molar-refractivity contribution in [3.05, 3.63) is 92.9 Å². The van der Waals surface area contributed by atoms with Gasteiger partial charge in [-0.05, 0) is 29.5 Å². The van der Waals surface area contributed by atoms with E-state index in [1.54, 1.807) is 17.1 Å². The molecule has 1 atom stereocenters. The normalized spacial score (nSPS) is 20.0. The first-order chi connectivity index (χ1) is 15.2. The minimum Gasteiger partial charge on any atom is -0.383 e. The number of Topliss-reactive ketones (excluding diaryl/α,β-unsaturated/α-hetero) is 1. The number of nitriles is 1. The van der Waals surface area contributed by atoms with E-state index in [4.69, 9.17) is 5.73 Å². The summed E-state index contributed by atoms with van der Waals surface area (Å²) in [7, 11) is 0. The van der Waals surface area contributed by atoms with Gasteiger partial charge in [0, 0.05) is 24.1 Å². The second-order valence-corrected chi connectivity index (χ2v) is 8.81. The van der Waals surface area contributed by atoms with Crippen molar-refractivity contribution in [2.45, 2.75) is 32.6 Å². The van der Waals surface area contributed by atoms with Crippen LogP contribution in [0.3, 0.4) is 0 Å². The maximum absolute atomic E-state index is 13.4. The number of hydrogen-bond donors (Lipinski definition) is 2. The Balaban J connectivity index is 1.92. The number of benzene rings is 2. The van der Waals surface area contributed by atoms with E-state index in [1.165, 1.54) is 12.1 Å². The van der Waals surface area contributed by atoms with E-state index in [0.29, 0.717) is 29.7 Å². The molecule has 1 aliphatic heterocycles. The zero-order valence-corrected chi connectivity index (χ0v) is 17.8. The fourth-order valence-electron chi connectivity index (χ4n) is 4.43. The Labute approximate surface area is 185 Å². The molecule has 0 radical (unpaired) electrons. The molecule has 4 rings (SSSR count). The van der Waals surface area contributed by atoms with Gasteiger partial charge < -0.3 is 5.73 Å². The van der Waals surface area contributed by atoms with E-state index in [0.717, 1.165) is 5.69 Å². The van der Waals surface area contributed by atoms with Gasteiger partial charge in [-0.15, -0.1) is 0 Å². The minimum absolute atomic E-state index is 0.0899. The van der Waals surface area contributed by atoms with Crippen LogP contribution in [0.2, 0.25) is 0 Å². The van der Waals surface area contributed by atoms with Crippen molar-refractivity contribution in [3.63, 3.8) is 0 Å². The fraction of sp³-hybridized carbons (Fsp3) is 0.250. The topological polar surface area (TPSA) is 125 Å². The Morgan fingerprint density at radius 3 is 2.56 bits per heavy atom. The summed E-state index contributed by atoms with van der Waals surface area (Å²) in [6, 6.07) is 17.6. The molecule has 0 fully saturated rings. The summed E-state index contributed by atoms with van der Waals surface area (Å²) in [6.07, 6.45) is 0.869. The lowest BCUT2D eigenvalue weighted by atomic mass is 9.69. The number of nitrogens with one attached hydrogen (secondary N) is 1. The smallest absolute Gasteiger partial charge is 0.269 e.